The number of benzene rings is 1. The summed E-state index contributed by atoms with van der Waals surface area (Å²) in [6.45, 7) is 2.11. The summed E-state index contributed by atoms with van der Waals surface area (Å²) in [6, 6.07) is 7.90. The highest BCUT2D eigenvalue weighted by molar-refractivity contribution is 5.68. The number of methoxy groups -OCH3 is 1. The van der Waals surface area contributed by atoms with Gasteiger partial charge in [0.2, 0.25) is 5.95 Å². The van der Waals surface area contributed by atoms with Crippen LogP contribution in [-0.4, -0.2) is 17.1 Å². The molecule has 0 unspecified atom stereocenters. The molecule has 0 saturated heterocycles. The zero-order valence-corrected chi connectivity index (χ0v) is 9.97. The van der Waals surface area contributed by atoms with E-state index in [4.69, 9.17) is 10.5 Å². The summed E-state index contributed by atoms with van der Waals surface area (Å²) in [5.41, 5.74) is 8.56. The van der Waals surface area contributed by atoms with Crippen LogP contribution >= 0.6 is 0 Å². The highest BCUT2D eigenvalue weighted by Gasteiger charge is 2.08. The maximum absolute atomic E-state index is 5.59. The molecule has 2 N–H and O–H groups in total. The average Bonchev–Trinajstić information content (AvgIpc) is 2.38. The summed E-state index contributed by atoms with van der Waals surface area (Å²) >= 11 is 0. The van der Waals surface area contributed by atoms with Crippen molar-refractivity contribution in [3.63, 3.8) is 0 Å². The Morgan fingerprint density at radius 2 is 2.12 bits per heavy atom. The number of nitrogens with two attached hydrogens (primary N) is 1. The minimum atomic E-state index is 0.270. The average molecular weight is 229 g/mol. The quantitative estimate of drug-likeness (QED) is 0.877. The maximum atomic E-state index is 5.59. The number of hydrogen-bond donors (Lipinski definition) is 1. The first-order valence-corrected chi connectivity index (χ1v) is 5.50. The van der Waals surface area contributed by atoms with Gasteiger partial charge in [0, 0.05) is 11.8 Å². The molecule has 0 saturated carbocycles. The lowest BCUT2D eigenvalue weighted by Gasteiger charge is -2.09. The SMILES string of the molecule is CCc1ccc(OC)c(-c2ccnc(N)n2)c1. The summed E-state index contributed by atoms with van der Waals surface area (Å²) in [5, 5.41) is 0. The number of nitrogens with zero attached hydrogens (tertiary/aromatic N) is 2. The second-order valence-corrected chi connectivity index (χ2v) is 3.69. The predicted molar refractivity (Wildman–Crippen MR) is 67.8 cm³/mol. The van der Waals surface area contributed by atoms with Gasteiger partial charge in [-0.3, -0.25) is 0 Å². The highest BCUT2D eigenvalue weighted by Crippen LogP contribution is 2.29. The van der Waals surface area contributed by atoms with E-state index in [2.05, 4.69) is 23.0 Å². The lowest BCUT2D eigenvalue weighted by atomic mass is 10.1. The third-order valence-electron chi connectivity index (χ3n) is 2.62. The molecule has 1 aromatic heterocycles. The Morgan fingerprint density at radius 3 is 2.76 bits per heavy atom. The number of rotatable bonds is 3. The molecule has 0 atom stereocenters. The van der Waals surface area contributed by atoms with Gasteiger partial charge in [0.1, 0.15) is 5.75 Å². The lowest BCUT2D eigenvalue weighted by molar-refractivity contribution is 0.416. The molecule has 0 fully saturated rings. The van der Waals surface area contributed by atoms with Gasteiger partial charge >= 0.3 is 0 Å². The van der Waals surface area contributed by atoms with Crippen LogP contribution in [-0.2, 0) is 6.42 Å². The van der Waals surface area contributed by atoms with Gasteiger partial charge in [0.15, 0.2) is 0 Å². The van der Waals surface area contributed by atoms with Crippen LogP contribution in [0.15, 0.2) is 30.5 Å². The molecular weight excluding hydrogens is 214 g/mol. The van der Waals surface area contributed by atoms with E-state index in [1.165, 1.54) is 5.56 Å². The number of aromatic nitrogens is 2. The van der Waals surface area contributed by atoms with E-state index < -0.39 is 0 Å². The first kappa shape index (κ1) is 11.4. The molecule has 0 aliphatic rings. The van der Waals surface area contributed by atoms with Crippen molar-refractivity contribution in [2.75, 3.05) is 12.8 Å². The summed E-state index contributed by atoms with van der Waals surface area (Å²) in [6.07, 6.45) is 2.62. The van der Waals surface area contributed by atoms with Crippen molar-refractivity contribution in [3.8, 4) is 17.0 Å². The fourth-order valence-electron chi connectivity index (χ4n) is 1.70. The van der Waals surface area contributed by atoms with Crippen LogP contribution in [0.5, 0.6) is 5.75 Å². The van der Waals surface area contributed by atoms with Crippen LogP contribution in [0, 0.1) is 0 Å². The summed E-state index contributed by atoms with van der Waals surface area (Å²) < 4.78 is 5.34. The maximum Gasteiger partial charge on any atom is 0.220 e. The van der Waals surface area contributed by atoms with Crippen molar-refractivity contribution in [3.05, 3.63) is 36.0 Å². The standard InChI is InChI=1S/C13H15N3O/c1-3-9-4-5-12(17-2)10(8-9)11-6-7-15-13(14)16-11/h4-8H,3H2,1-2H3,(H2,14,15,16). The number of aryl methyl sites for hydroxylation is 1. The molecule has 17 heavy (non-hydrogen) atoms. The topological polar surface area (TPSA) is 61.0 Å². The van der Waals surface area contributed by atoms with Gasteiger partial charge in [-0.25, -0.2) is 9.97 Å². The van der Waals surface area contributed by atoms with Gasteiger partial charge in [-0.05, 0) is 30.2 Å². The Morgan fingerprint density at radius 1 is 1.29 bits per heavy atom. The molecule has 0 spiro atoms. The Bertz CT molecular complexity index is 526. The summed E-state index contributed by atoms with van der Waals surface area (Å²) in [5.74, 6) is 1.06. The smallest absolute Gasteiger partial charge is 0.220 e. The number of anilines is 1. The van der Waals surface area contributed by atoms with Crippen molar-refractivity contribution in [2.24, 2.45) is 0 Å². The molecule has 1 aromatic carbocycles. The minimum absolute atomic E-state index is 0.270. The molecule has 1 heterocycles. The summed E-state index contributed by atoms with van der Waals surface area (Å²) in [7, 11) is 1.65. The molecule has 0 aliphatic carbocycles. The van der Waals surface area contributed by atoms with E-state index in [0.29, 0.717) is 0 Å². The summed E-state index contributed by atoms with van der Waals surface area (Å²) in [4.78, 5) is 8.10. The minimum Gasteiger partial charge on any atom is -0.496 e. The van der Waals surface area contributed by atoms with E-state index in [1.54, 1.807) is 13.3 Å². The second-order valence-electron chi connectivity index (χ2n) is 3.69. The van der Waals surface area contributed by atoms with Crippen molar-refractivity contribution < 1.29 is 4.74 Å². The number of hydrogen-bond acceptors (Lipinski definition) is 4. The van der Waals surface area contributed by atoms with Gasteiger partial charge in [-0.1, -0.05) is 13.0 Å². The zero-order chi connectivity index (χ0) is 12.3. The molecule has 0 radical (unpaired) electrons. The van der Waals surface area contributed by atoms with Crippen LogP contribution in [0.25, 0.3) is 11.3 Å². The van der Waals surface area contributed by atoms with Crippen molar-refractivity contribution >= 4 is 5.95 Å². The second kappa shape index (κ2) is 4.82. The fourth-order valence-corrected chi connectivity index (χ4v) is 1.70. The Balaban J connectivity index is 2.56. The van der Waals surface area contributed by atoms with E-state index in [1.807, 2.05) is 18.2 Å². The van der Waals surface area contributed by atoms with Crippen LogP contribution < -0.4 is 10.5 Å². The van der Waals surface area contributed by atoms with Crippen LogP contribution in [0.4, 0.5) is 5.95 Å². The molecule has 4 nitrogen and oxygen atoms in total. The first-order chi connectivity index (χ1) is 8.24. The molecule has 0 bridgehead atoms. The lowest BCUT2D eigenvalue weighted by Crippen LogP contribution is -1.97. The van der Waals surface area contributed by atoms with Gasteiger partial charge in [-0.15, -0.1) is 0 Å². The fraction of sp³-hybridized carbons (Fsp3) is 0.231. The van der Waals surface area contributed by atoms with Gasteiger partial charge in [0.25, 0.3) is 0 Å². The zero-order valence-electron chi connectivity index (χ0n) is 9.97. The number of ether oxygens (including phenoxy) is 1. The van der Waals surface area contributed by atoms with Gasteiger partial charge in [0.05, 0.1) is 12.8 Å². The first-order valence-electron chi connectivity index (χ1n) is 5.50. The van der Waals surface area contributed by atoms with E-state index >= 15 is 0 Å². The third kappa shape index (κ3) is 2.36. The molecular formula is C13H15N3O. The molecule has 2 rings (SSSR count). The molecule has 2 aromatic rings. The third-order valence-corrected chi connectivity index (χ3v) is 2.62. The van der Waals surface area contributed by atoms with E-state index in [0.717, 1.165) is 23.4 Å². The molecule has 88 valence electrons. The highest BCUT2D eigenvalue weighted by atomic mass is 16.5. The van der Waals surface area contributed by atoms with Crippen LogP contribution in [0.3, 0.4) is 0 Å². The normalized spacial score (nSPS) is 10.2. The van der Waals surface area contributed by atoms with Crippen molar-refractivity contribution in [1.82, 2.24) is 9.97 Å². The molecule has 4 heteroatoms. The Kier molecular flexibility index (Phi) is 3.23. The van der Waals surface area contributed by atoms with Crippen molar-refractivity contribution in [1.29, 1.82) is 0 Å². The van der Waals surface area contributed by atoms with Crippen LogP contribution in [0.1, 0.15) is 12.5 Å². The Labute approximate surface area is 100 Å². The van der Waals surface area contributed by atoms with Crippen LogP contribution in [0.2, 0.25) is 0 Å². The largest absolute Gasteiger partial charge is 0.496 e. The van der Waals surface area contributed by atoms with Gasteiger partial charge in [-0.2, -0.15) is 0 Å². The number of nitrogen functional groups attached to an aromatic ring is 1. The van der Waals surface area contributed by atoms with Crippen molar-refractivity contribution in [2.45, 2.75) is 13.3 Å². The van der Waals surface area contributed by atoms with E-state index in [9.17, 15) is 0 Å². The predicted octanol–water partition coefficient (Wildman–Crippen LogP) is 2.30. The molecule has 0 amide bonds. The monoisotopic (exact) mass is 229 g/mol. The molecule has 0 aliphatic heterocycles. The van der Waals surface area contributed by atoms with Gasteiger partial charge < -0.3 is 10.5 Å². The Hall–Kier alpha value is -2.10. The van der Waals surface area contributed by atoms with E-state index in [-0.39, 0.29) is 5.95 Å².